The van der Waals surface area contributed by atoms with E-state index in [0.29, 0.717) is 39.1 Å². The molecule has 53 heavy (non-hydrogen) atoms. The molecule has 3 saturated heterocycles. The Bertz CT molecular complexity index is 1420. The number of esters is 1. The third kappa shape index (κ3) is 8.57. The van der Waals surface area contributed by atoms with E-state index in [-0.39, 0.29) is 40.5 Å². The number of rotatable bonds is 10. The van der Waals surface area contributed by atoms with Gasteiger partial charge in [0.1, 0.15) is 30.5 Å². The lowest BCUT2D eigenvalue weighted by Gasteiger charge is -2.52. The van der Waals surface area contributed by atoms with Crippen LogP contribution in [0.5, 0.6) is 0 Å². The van der Waals surface area contributed by atoms with Gasteiger partial charge in [-0.05, 0) is 40.6 Å². The topological polar surface area (TPSA) is 100 Å². The zero-order valence-electron chi connectivity index (χ0n) is 32.9. The summed E-state index contributed by atoms with van der Waals surface area (Å²) in [5.74, 6) is -0.441. The summed E-state index contributed by atoms with van der Waals surface area (Å²) in [4.78, 5) is 13.8. The molecule has 0 aliphatic carbocycles. The first kappa shape index (κ1) is 40.7. The Hall–Kier alpha value is -1.98. The van der Waals surface area contributed by atoms with Crippen LogP contribution in [-0.2, 0) is 52.8 Å². The first-order chi connectivity index (χ1) is 25.4. The molecule has 0 saturated carbocycles. The second kappa shape index (κ2) is 17.4. The second-order valence-electron chi connectivity index (χ2n) is 16.4. The van der Waals surface area contributed by atoms with Crippen molar-refractivity contribution in [2.75, 3.05) is 13.2 Å². The van der Waals surface area contributed by atoms with Crippen molar-refractivity contribution in [1.82, 2.24) is 0 Å². The highest BCUT2D eigenvalue weighted by Crippen LogP contribution is 2.47. The molecule has 5 heterocycles. The molecule has 10 nitrogen and oxygen atoms in total. The Labute approximate surface area is 319 Å². The van der Waals surface area contributed by atoms with Crippen LogP contribution in [0.4, 0.5) is 0 Å². The fraction of sp³-hybridized carbons (Fsp3) is 0.683. The van der Waals surface area contributed by atoms with Gasteiger partial charge in [-0.15, -0.1) is 6.58 Å². The van der Waals surface area contributed by atoms with Crippen molar-refractivity contribution in [2.24, 2.45) is 0 Å². The number of hydrogen-bond donors (Lipinski definition) is 0. The summed E-state index contributed by atoms with van der Waals surface area (Å²) in [7, 11) is -5.60. The molecule has 3 fully saturated rings. The van der Waals surface area contributed by atoms with Crippen molar-refractivity contribution >= 4 is 23.1 Å². The maximum absolute atomic E-state index is 13.8. The molecular formula is C41H62O10Si2. The Kier molecular flexibility index (Phi) is 13.4. The quantitative estimate of drug-likeness (QED) is 0.134. The van der Waals surface area contributed by atoms with Crippen molar-refractivity contribution < 1.29 is 46.2 Å². The summed E-state index contributed by atoms with van der Waals surface area (Å²) in [5.41, 5.74) is 1.85. The van der Waals surface area contributed by atoms with E-state index in [0.717, 1.165) is 5.56 Å². The van der Waals surface area contributed by atoms with Gasteiger partial charge in [0.15, 0.2) is 12.2 Å². The van der Waals surface area contributed by atoms with Crippen LogP contribution >= 0.6 is 0 Å². The van der Waals surface area contributed by atoms with Gasteiger partial charge in [-0.25, -0.2) is 4.79 Å². The predicted molar refractivity (Wildman–Crippen MR) is 207 cm³/mol. The summed E-state index contributed by atoms with van der Waals surface area (Å²) in [6, 6.07) is 9.99. The highest BCUT2D eigenvalue weighted by molar-refractivity contribution is 6.84. The monoisotopic (exact) mass is 770 g/mol. The molecular weight excluding hydrogens is 709 g/mol. The van der Waals surface area contributed by atoms with Crippen molar-refractivity contribution in [1.29, 1.82) is 0 Å². The van der Waals surface area contributed by atoms with E-state index in [1.54, 1.807) is 6.08 Å². The van der Waals surface area contributed by atoms with Gasteiger partial charge in [0.05, 0.1) is 38.1 Å². The van der Waals surface area contributed by atoms with Crippen LogP contribution < -0.4 is 0 Å². The Morgan fingerprint density at radius 3 is 2.25 bits per heavy atom. The third-order valence-corrected chi connectivity index (χ3v) is 21.8. The van der Waals surface area contributed by atoms with E-state index in [1.807, 2.05) is 36.4 Å². The number of hydrogen-bond acceptors (Lipinski definition) is 10. The van der Waals surface area contributed by atoms with Gasteiger partial charge in [-0.2, -0.15) is 0 Å². The zero-order chi connectivity index (χ0) is 37.9. The molecule has 0 bridgehead atoms. The average Bonchev–Trinajstić information content (AvgIpc) is 3.35. The van der Waals surface area contributed by atoms with Crippen LogP contribution in [-0.4, -0.2) is 97.3 Å². The van der Waals surface area contributed by atoms with Crippen LogP contribution in [0.1, 0.15) is 80.2 Å². The molecule has 0 spiro atoms. The molecule has 5 aliphatic heterocycles. The van der Waals surface area contributed by atoms with E-state index in [4.69, 9.17) is 41.4 Å². The van der Waals surface area contributed by atoms with Crippen molar-refractivity contribution in [2.45, 2.75) is 164 Å². The van der Waals surface area contributed by atoms with Crippen LogP contribution in [0.2, 0.25) is 22.2 Å². The van der Waals surface area contributed by atoms with Crippen LogP contribution in [0.3, 0.4) is 0 Å². The first-order valence-electron chi connectivity index (χ1n) is 19.8. The average molecular weight is 771 g/mol. The zero-order valence-corrected chi connectivity index (χ0v) is 34.9. The molecule has 10 atom stereocenters. The molecule has 12 heteroatoms. The highest BCUT2D eigenvalue weighted by atomic mass is 28.5. The molecule has 0 radical (unpaired) electrons. The maximum atomic E-state index is 13.8. The Balaban J connectivity index is 1.21. The van der Waals surface area contributed by atoms with Gasteiger partial charge in [0.2, 0.25) is 0 Å². The highest BCUT2D eigenvalue weighted by Gasteiger charge is 2.59. The minimum absolute atomic E-state index is 0.196. The van der Waals surface area contributed by atoms with Crippen LogP contribution in [0.15, 0.2) is 67.3 Å². The normalized spacial score (nSPS) is 36.3. The molecule has 0 unspecified atom stereocenters. The molecule has 0 aromatic heterocycles. The minimum atomic E-state index is -2.83. The predicted octanol–water partition coefficient (Wildman–Crippen LogP) is 7.61. The second-order valence-corrected chi connectivity index (χ2v) is 25.2. The molecule has 0 N–H and O–H groups in total. The number of carbonyl (C=O) groups is 1. The summed E-state index contributed by atoms with van der Waals surface area (Å²) in [6.07, 6.45) is 6.69. The van der Waals surface area contributed by atoms with E-state index >= 15 is 0 Å². The van der Waals surface area contributed by atoms with Crippen LogP contribution in [0.25, 0.3) is 0 Å². The number of carbonyl (C=O) groups excluding carboxylic acids is 1. The van der Waals surface area contributed by atoms with Gasteiger partial charge < -0.3 is 41.4 Å². The lowest BCUT2D eigenvalue weighted by Crippen LogP contribution is -2.66. The lowest BCUT2D eigenvalue weighted by atomic mass is 9.88. The van der Waals surface area contributed by atoms with Gasteiger partial charge in [0.25, 0.3) is 0 Å². The third-order valence-electron chi connectivity index (χ3n) is 11.6. The van der Waals surface area contributed by atoms with Gasteiger partial charge in [-0.3, -0.25) is 0 Å². The molecule has 1 aromatic carbocycles. The molecule has 1 aromatic rings. The fourth-order valence-electron chi connectivity index (χ4n) is 8.67. The summed E-state index contributed by atoms with van der Waals surface area (Å²) in [6.45, 7) is 23.0. The van der Waals surface area contributed by atoms with E-state index < -0.39 is 65.8 Å². The number of fused-ring (bicyclic) bond motifs is 3. The lowest BCUT2D eigenvalue weighted by molar-refractivity contribution is -0.275. The van der Waals surface area contributed by atoms with E-state index in [1.165, 1.54) is 0 Å². The number of benzene rings is 1. The molecule has 0 amide bonds. The summed E-state index contributed by atoms with van der Waals surface area (Å²) >= 11 is 0. The molecule has 294 valence electrons. The smallest absolute Gasteiger partial charge is 0.335 e. The summed E-state index contributed by atoms with van der Waals surface area (Å²) in [5, 5.41) is 0. The minimum Gasteiger partial charge on any atom is -0.455 e. The molecule has 5 aliphatic rings. The van der Waals surface area contributed by atoms with Crippen molar-refractivity contribution in [3.05, 3.63) is 72.9 Å². The Morgan fingerprint density at radius 2 is 1.57 bits per heavy atom. The van der Waals surface area contributed by atoms with Gasteiger partial charge in [0, 0.05) is 6.42 Å². The largest absolute Gasteiger partial charge is 0.455 e. The summed E-state index contributed by atoms with van der Waals surface area (Å²) < 4.78 is 60.6. The first-order valence-corrected chi connectivity index (χ1v) is 23.7. The number of ether oxygens (including phenoxy) is 6. The van der Waals surface area contributed by atoms with Crippen molar-refractivity contribution in [3.8, 4) is 0 Å². The fourth-order valence-corrected chi connectivity index (χ4v) is 19.8. The van der Waals surface area contributed by atoms with Gasteiger partial charge in [-0.1, -0.05) is 116 Å². The van der Waals surface area contributed by atoms with Gasteiger partial charge >= 0.3 is 23.1 Å². The maximum Gasteiger partial charge on any atom is 0.335 e. The van der Waals surface area contributed by atoms with E-state index in [2.05, 4.69) is 80.2 Å². The Morgan fingerprint density at radius 1 is 0.849 bits per heavy atom. The van der Waals surface area contributed by atoms with Crippen LogP contribution in [0, 0.1) is 0 Å². The SMILES string of the molecule is C=C[C@@H]1O[C@@H]2CO[Si](C(C)C)(C(C)C)O[Si](C(C)C)(C(C)C)O[C@H]2/C=C\C[C@H]1O[C@H]1C[C@H]2O[C@H]3CC=CCO[C@@H]3[C@@H](OCc3ccccc3)[C@@H]2OC1=O. The molecule has 6 rings (SSSR count). The van der Waals surface area contributed by atoms with Crippen molar-refractivity contribution in [3.63, 3.8) is 0 Å². The standard InChI is InChI=1S/C41H62O10Si2/c1-10-31-32(20-16-21-33-37(46-31)25-45-52(26(2)3,27(4)5)51-53(50-33,28(6)7)29(8)9)47-36-23-35-39(49-41(36)42)40(44-24-30-17-12-11-13-18-30)38-34(48-35)19-14-15-22-43-38/h10-18,21,26-29,31-40H,1,19-20,22-25H2,2-9H3/b21-16-/t31-,32+,33-,34-,35+,36-,37+,38-,39+,40+/m0/s1. The van der Waals surface area contributed by atoms with E-state index in [9.17, 15) is 4.79 Å².